The van der Waals surface area contributed by atoms with E-state index in [9.17, 15) is 4.79 Å². The second-order valence-corrected chi connectivity index (χ2v) is 6.52. The first-order valence-corrected chi connectivity index (χ1v) is 8.22. The van der Waals surface area contributed by atoms with Gasteiger partial charge in [-0.05, 0) is 25.7 Å². The van der Waals surface area contributed by atoms with Crippen molar-refractivity contribution in [2.75, 3.05) is 11.9 Å². The van der Waals surface area contributed by atoms with Crippen molar-refractivity contribution in [1.29, 1.82) is 0 Å². The molecule has 1 aromatic rings. The Bertz CT molecular complexity index is 406. The Kier molecular flexibility index (Phi) is 7.51. The zero-order chi connectivity index (χ0) is 15.0. The van der Waals surface area contributed by atoms with E-state index in [4.69, 9.17) is 0 Å². The van der Waals surface area contributed by atoms with Gasteiger partial charge in [-0.3, -0.25) is 4.79 Å². The molecule has 20 heavy (non-hydrogen) atoms. The van der Waals surface area contributed by atoms with Crippen molar-refractivity contribution in [3.05, 3.63) is 5.01 Å². The van der Waals surface area contributed by atoms with Crippen LogP contribution in [0.2, 0.25) is 0 Å². The molecule has 1 unspecified atom stereocenters. The molecule has 0 radical (unpaired) electrons. The second-order valence-electron chi connectivity index (χ2n) is 5.54. The van der Waals surface area contributed by atoms with Gasteiger partial charge in [0.2, 0.25) is 10.1 Å². The Balaban J connectivity index is 2.35. The standard InChI is InChI=1S/C14H26N4OS/c1-5-9-15-14-18-17-13(20-14)12(19)16-11(4)8-6-7-10(2)3/h10-11H,5-9H2,1-4H3,(H,15,18)(H,16,19). The summed E-state index contributed by atoms with van der Waals surface area (Å²) in [5.41, 5.74) is 0. The molecule has 0 aliphatic carbocycles. The molecule has 0 spiro atoms. The summed E-state index contributed by atoms with van der Waals surface area (Å²) in [5, 5.41) is 15.1. The quantitative estimate of drug-likeness (QED) is 0.734. The van der Waals surface area contributed by atoms with E-state index in [1.165, 1.54) is 17.8 Å². The van der Waals surface area contributed by atoms with Gasteiger partial charge in [-0.15, -0.1) is 10.2 Å². The molecule has 1 atom stereocenters. The SMILES string of the molecule is CCCNc1nnc(C(=O)NC(C)CCCC(C)C)s1. The van der Waals surface area contributed by atoms with Gasteiger partial charge in [-0.1, -0.05) is 44.9 Å². The zero-order valence-corrected chi connectivity index (χ0v) is 13.7. The number of aromatic nitrogens is 2. The van der Waals surface area contributed by atoms with E-state index in [-0.39, 0.29) is 11.9 Å². The van der Waals surface area contributed by atoms with Crippen LogP contribution in [0.5, 0.6) is 0 Å². The predicted molar refractivity (Wildman–Crippen MR) is 84.3 cm³/mol. The number of carbonyl (C=O) groups is 1. The molecule has 0 saturated heterocycles. The first-order chi connectivity index (χ1) is 9.52. The number of amides is 1. The van der Waals surface area contributed by atoms with Crippen LogP contribution in [0.25, 0.3) is 0 Å². The second kappa shape index (κ2) is 8.89. The summed E-state index contributed by atoms with van der Waals surface area (Å²) in [6.45, 7) is 9.41. The maximum atomic E-state index is 12.0. The number of hydrogen-bond acceptors (Lipinski definition) is 5. The van der Waals surface area contributed by atoms with Gasteiger partial charge < -0.3 is 10.6 Å². The minimum atomic E-state index is -0.121. The summed E-state index contributed by atoms with van der Waals surface area (Å²) in [6.07, 6.45) is 4.36. The number of nitrogens with zero attached hydrogens (tertiary/aromatic N) is 2. The lowest BCUT2D eigenvalue weighted by Gasteiger charge is -2.13. The average Bonchev–Trinajstić information content (AvgIpc) is 2.84. The lowest BCUT2D eigenvalue weighted by atomic mass is 10.0. The molecule has 0 fully saturated rings. The minimum Gasteiger partial charge on any atom is -0.360 e. The number of hydrogen-bond donors (Lipinski definition) is 2. The van der Waals surface area contributed by atoms with Gasteiger partial charge in [0.1, 0.15) is 0 Å². The van der Waals surface area contributed by atoms with Crippen molar-refractivity contribution in [3.8, 4) is 0 Å². The van der Waals surface area contributed by atoms with Crippen molar-refractivity contribution in [1.82, 2.24) is 15.5 Å². The Morgan fingerprint density at radius 1 is 1.25 bits per heavy atom. The fraction of sp³-hybridized carbons (Fsp3) is 0.786. The largest absolute Gasteiger partial charge is 0.360 e. The highest BCUT2D eigenvalue weighted by molar-refractivity contribution is 7.17. The molecule has 1 amide bonds. The van der Waals surface area contributed by atoms with Crippen LogP contribution in [0.15, 0.2) is 0 Å². The Morgan fingerprint density at radius 3 is 2.65 bits per heavy atom. The molecule has 6 heteroatoms. The molecule has 114 valence electrons. The van der Waals surface area contributed by atoms with Gasteiger partial charge in [-0.25, -0.2) is 0 Å². The summed E-state index contributed by atoms with van der Waals surface area (Å²) in [7, 11) is 0. The topological polar surface area (TPSA) is 66.9 Å². The van der Waals surface area contributed by atoms with Crippen LogP contribution in [0.1, 0.15) is 63.2 Å². The fourth-order valence-electron chi connectivity index (χ4n) is 1.81. The van der Waals surface area contributed by atoms with Crippen LogP contribution >= 0.6 is 11.3 Å². The molecule has 2 N–H and O–H groups in total. The van der Waals surface area contributed by atoms with Crippen molar-refractivity contribution in [3.63, 3.8) is 0 Å². The summed E-state index contributed by atoms with van der Waals surface area (Å²) in [6, 6.07) is 0.178. The molecular formula is C14H26N4OS. The molecule has 5 nitrogen and oxygen atoms in total. The molecule has 0 saturated carbocycles. The lowest BCUT2D eigenvalue weighted by molar-refractivity contribution is 0.0936. The first-order valence-electron chi connectivity index (χ1n) is 7.41. The number of nitrogens with one attached hydrogen (secondary N) is 2. The van der Waals surface area contributed by atoms with E-state index >= 15 is 0 Å². The smallest absolute Gasteiger partial charge is 0.282 e. The highest BCUT2D eigenvalue weighted by atomic mass is 32.1. The average molecular weight is 298 g/mol. The van der Waals surface area contributed by atoms with E-state index in [1.54, 1.807) is 0 Å². The van der Waals surface area contributed by atoms with Crippen LogP contribution in [0.4, 0.5) is 5.13 Å². The van der Waals surface area contributed by atoms with Gasteiger partial charge in [0, 0.05) is 12.6 Å². The monoisotopic (exact) mass is 298 g/mol. The molecule has 1 rings (SSSR count). The van der Waals surface area contributed by atoms with Crippen LogP contribution in [0.3, 0.4) is 0 Å². The van der Waals surface area contributed by atoms with Gasteiger partial charge in [0.25, 0.3) is 5.91 Å². The summed E-state index contributed by atoms with van der Waals surface area (Å²) >= 11 is 1.31. The number of rotatable bonds is 9. The van der Waals surface area contributed by atoms with Crippen LogP contribution in [0, 0.1) is 5.92 Å². The highest BCUT2D eigenvalue weighted by Gasteiger charge is 2.14. The minimum absolute atomic E-state index is 0.121. The number of carbonyl (C=O) groups excluding carboxylic acids is 1. The summed E-state index contributed by atoms with van der Waals surface area (Å²) in [4.78, 5) is 12.0. The van der Waals surface area contributed by atoms with Crippen LogP contribution in [-0.4, -0.2) is 28.7 Å². The Labute approximate surface area is 125 Å². The van der Waals surface area contributed by atoms with Gasteiger partial charge in [0.05, 0.1) is 0 Å². The van der Waals surface area contributed by atoms with E-state index in [2.05, 4.69) is 41.6 Å². The van der Waals surface area contributed by atoms with E-state index in [0.717, 1.165) is 25.8 Å². The fourth-order valence-corrected chi connectivity index (χ4v) is 2.48. The summed E-state index contributed by atoms with van der Waals surface area (Å²) < 4.78 is 0. The molecular weight excluding hydrogens is 272 g/mol. The lowest BCUT2D eigenvalue weighted by Crippen LogP contribution is -2.32. The van der Waals surface area contributed by atoms with Crippen LogP contribution < -0.4 is 10.6 Å². The molecule has 1 heterocycles. The zero-order valence-electron chi connectivity index (χ0n) is 12.9. The highest BCUT2D eigenvalue weighted by Crippen LogP contribution is 2.15. The Morgan fingerprint density at radius 2 is 2.00 bits per heavy atom. The normalized spacial score (nSPS) is 12.4. The van der Waals surface area contributed by atoms with Gasteiger partial charge >= 0.3 is 0 Å². The molecule has 1 aromatic heterocycles. The molecule has 0 aliphatic rings. The summed E-state index contributed by atoms with van der Waals surface area (Å²) in [5.74, 6) is 0.595. The third-order valence-corrected chi connectivity index (χ3v) is 3.82. The Hall–Kier alpha value is -1.17. The van der Waals surface area contributed by atoms with Crippen molar-refractivity contribution in [2.45, 2.75) is 59.4 Å². The van der Waals surface area contributed by atoms with Crippen molar-refractivity contribution in [2.24, 2.45) is 5.92 Å². The van der Waals surface area contributed by atoms with Crippen molar-refractivity contribution >= 4 is 22.4 Å². The third-order valence-electron chi connectivity index (χ3n) is 2.94. The van der Waals surface area contributed by atoms with E-state index < -0.39 is 0 Å². The first kappa shape index (κ1) is 16.9. The van der Waals surface area contributed by atoms with Gasteiger partial charge in [0.15, 0.2) is 0 Å². The van der Waals surface area contributed by atoms with Gasteiger partial charge in [-0.2, -0.15) is 0 Å². The van der Waals surface area contributed by atoms with E-state index in [0.29, 0.717) is 16.1 Å². The number of anilines is 1. The molecule has 0 bridgehead atoms. The molecule has 0 aromatic carbocycles. The maximum absolute atomic E-state index is 12.0. The third kappa shape index (κ3) is 6.32. The van der Waals surface area contributed by atoms with E-state index in [1.807, 2.05) is 6.92 Å². The van der Waals surface area contributed by atoms with Crippen LogP contribution in [-0.2, 0) is 0 Å². The van der Waals surface area contributed by atoms with Crippen molar-refractivity contribution < 1.29 is 4.79 Å². The predicted octanol–water partition coefficient (Wildman–Crippen LogP) is 3.30. The maximum Gasteiger partial charge on any atom is 0.282 e. The molecule has 0 aliphatic heterocycles.